The lowest BCUT2D eigenvalue weighted by atomic mass is 10.1. The van der Waals surface area contributed by atoms with Crippen LogP contribution in [-0.2, 0) is 0 Å². The van der Waals surface area contributed by atoms with Gasteiger partial charge < -0.3 is 5.73 Å². The van der Waals surface area contributed by atoms with E-state index in [9.17, 15) is 10.1 Å². The number of hydrogen-bond donors (Lipinski definition) is 1. The van der Waals surface area contributed by atoms with E-state index in [0.717, 1.165) is 29.1 Å². The Bertz CT molecular complexity index is 566. The monoisotopic (exact) mass is 277 g/mol. The lowest BCUT2D eigenvalue weighted by molar-refractivity contribution is -0.384. The van der Waals surface area contributed by atoms with E-state index in [0.29, 0.717) is 0 Å². The summed E-state index contributed by atoms with van der Waals surface area (Å²) in [6.07, 6.45) is 1.93. The number of nitrogens with two attached hydrogens (primary N) is 1. The number of nitro benzene ring substituents is 1. The van der Waals surface area contributed by atoms with E-state index >= 15 is 0 Å². The summed E-state index contributed by atoms with van der Waals surface area (Å²) in [5, 5.41) is 13.4. The lowest BCUT2D eigenvalue weighted by Crippen LogP contribution is -2.09. The molecule has 100 valence electrons. The highest BCUT2D eigenvalue weighted by atomic mass is 32.1. The molecule has 0 spiro atoms. The fourth-order valence-electron chi connectivity index (χ4n) is 1.78. The van der Waals surface area contributed by atoms with Crippen molar-refractivity contribution in [2.45, 2.75) is 25.8 Å². The van der Waals surface area contributed by atoms with Gasteiger partial charge in [-0.25, -0.2) is 4.98 Å². The summed E-state index contributed by atoms with van der Waals surface area (Å²) in [6.45, 7) is 2.09. The Morgan fingerprint density at radius 1 is 1.42 bits per heavy atom. The highest BCUT2D eigenvalue weighted by Gasteiger charge is 2.12. The number of non-ortho nitro benzene ring substituents is 1. The minimum absolute atomic E-state index is 0.0261. The normalized spacial score (nSPS) is 12.3. The van der Waals surface area contributed by atoms with Crippen molar-refractivity contribution in [3.63, 3.8) is 0 Å². The number of benzene rings is 1. The van der Waals surface area contributed by atoms with Crippen LogP contribution in [-0.4, -0.2) is 9.91 Å². The molecule has 6 heteroatoms. The van der Waals surface area contributed by atoms with Gasteiger partial charge in [0.15, 0.2) is 0 Å². The fraction of sp³-hybridized carbons (Fsp3) is 0.308. The molecule has 0 aliphatic rings. The molecule has 0 bridgehead atoms. The molecule has 0 saturated carbocycles. The van der Waals surface area contributed by atoms with E-state index in [1.165, 1.54) is 23.5 Å². The molecule has 1 atom stereocenters. The Morgan fingerprint density at radius 2 is 2.11 bits per heavy atom. The summed E-state index contributed by atoms with van der Waals surface area (Å²) in [7, 11) is 0. The maximum Gasteiger partial charge on any atom is 0.269 e. The number of aromatic nitrogens is 1. The van der Waals surface area contributed by atoms with Crippen molar-refractivity contribution in [3.05, 3.63) is 44.8 Å². The molecule has 2 N–H and O–H groups in total. The summed E-state index contributed by atoms with van der Waals surface area (Å²) in [4.78, 5) is 14.7. The van der Waals surface area contributed by atoms with Gasteiger partial charge in [0.25, 0.3) is 5.69 Å². The van der Waals surface area contributed by atoms with Crippen molar-refractivity contribution < 1.29 is 4.92 Å². The molecule has 1 unspecified atom stereocenters. The average Bonchev–Trinajstić information content (AvgIpc) is 2.89. The minimum Gasteiger partial charge on any atom is -0.322 e. The summed E-state index contributed by atoms with van der Waals surface area (Å²) in [5.74, 6) is 0. The molecule has 0 fully saturated rings. The van der Waals surface area contributed by atoms with Crippen LogP contribution in [0.4, 0.5) is 5.69 Å². The second kappa shape index (κ2) is 5.90. The van der Waals surface area contributed by atoms with Crippen LogP contribution < -0.4 is 5.73 Å². The molecule has 1 heterocycles. The van der Waals surface area contributed by atoms with Crippen LogP contribution in [0.3, 0.4) is 0 Å². The predicted molar refractivity (Wildman–Crippen MR) is 76.0 cm³/mol. The van der Waals surface area contributed by atoms with Crippen molar-refractivity contribution >= 4 is 17.0 Å². The molecule has 2 aromatic rings. The second-order valence-electron chi connectivity index (χ2n) is 4.27. The Hall–Kier alpha value is -1.79. The van der Waals surface area contributed by atoms with E-state index < -0.39 is 4.92 Å². The third-order valence-electron chi connectivity index (χ3n) is 2.81. The third kappa shape index (κ3) is 3.15. The molecule has 0 saturated heterocycles. The zero-order valence-electron chi connectivity index (χ0n) is 10.6. The quantitative estimate of drug-likeness (QED) is 0.669. The Labute approximate surface area is 115 Å². The zero-order valence-corrected chi connectivity index (χ0v) is 11.4. The van der Waals surface area contributed by atoms with Gasteiger partial charge in [0.1, 0.15) is 5.01 Å². The first-order valence-corrected chi connectivity index (χ1v) is 6.95. The highest BCUT2D eigenvalue weighted by molar-refractivity contribution is 7.10. The van der Waals surface area contributed by atoms with E-state index in [4.69, 9.17) is 5.73 Å². The number of nitro groups is 1. The smallest absolute Gasteiger partial charge is 0.269 e. The standard InChI is InChI=1S/C13H15N3O2S/c1-2-3-11(14)13-15-12(8-19-13)9-4-6-10(7-5-9)16(17)18/h4-8,11H,2-3,14H2,1H3. The first-order valence-electron chi connectivity index (χ1n) is 6.07. The molecule has 0 amide bonds. The van der Waals surface area contributed by atoms with Crippen molar-refractivity contribution in [1.29, 1.82) is 0 Å². The fourth-order valence-corrected chi connectivity index (χ4v) is 2.64. The van der Waals surface area contributed by atoms with Gasteiger partial charge in [-0.1, -0.05) is 13.3 Å². The maximum atomic E-state index is 10.6. The molecule has 5 nitrogen and oxygen atoms in total. The number of thiazole rings is 1. The first-order chi connectivity index (χ1) is 9.11. The Balaban J connectivity index is 2.20. The van der Waals surface area contributed by atoms with Crippen LogP contribution in [0.15, 0.2) is 29.6 Å². The van der Waals surface area contributed by atoms with Gasteiger partial charge in [-0.2, -0.15) is 0 Å². The van der Waals surface area contributed by atoms with E-state index in [1.807, 2.05) is 5.38 Å². The van der Waals surface area contributed by atoms with Crippen LogP contribution in [0.1, 0.15) is 30.8 Å². The van der Waals surface area contributed by atoms with Crippen LogP contribution in [0.2, 0.25) is 0 Å². The summed E-state index contributed by atoms with van der Waals surface area (Å²) in [5.41, 5.74) is 7.80. The van der Waals surface area contributed by atoms with Gasteiger partial charge in [0, 0.05) is 23.1 Å². The van der Waals surface area contributed by atoms with Gasteiger partial charge in [-0.3, -0.25) is 10.1 Å². The first kappa shape index (κ1) is 13.6. The zero-order chi connectivity index (χ0) is 13.8. The van der Waals surface area contributed by atoms with Crippen LogP contribution >= 0.6 is 11.3 Å². The highest BCUT2D eigenvalue weighted by Crippen LogP contribution is 2.27. The Kier molecular flexibility index (Phi) is 4.24. The largest absolute Gasteiger partial charge is 0.322 e. The van der Waals surface area contributed by atoms with Crippen molar-refractivity contribution in [2.24, 2.45) is 5.73 Å². The van der Waals surface area contributed by atoms with E-state index in [2.05, 4.69) is 11.9 Å². The van der Waals surface area contributed by atoms with Gasteiger partial charge in [-0.15, -0.1) is 11.3 Å². The second-order valence-corrected chi connectivity index (χ2v) is 5.16. The summed E-state index contributed by atoms with van der Waals surface area (Å²) in [6, 6.07) is 6.37. The van der Waals surface area contributed by atoms with E-state index in [-0.39, 0.29) is 11.7 Å². The predicted octanol–water partition coefficient (Wildman–Crippen LogP) is 3.52. The molecular formula is C13H15N3O2S. The van der Waals surface area contributed by atoms with Crippen LogP contribution in [0.5, 0.6) is 0 Å². The van der Waals surface area contributed by atoms with Crippen molar-refractivity contribution in [3.8, 4) is 11.3 Å². The molecule has 19 heavy (non-hydrogen) atoms. The third-order valence-corrected chi connectivity index (χ3v) is 3.79. The number of nitrogens with zero attached hydrogens (tertiary/aromatic N) is 2. The molecular weight excluding hydrogens is 262 g/mol. The minimum atomic E-state index is -0.409. The average molecular weight is 277 g/mol. The molecule has 0 radical (unpaired) electrons. The van der Waals surface area contributed by atoms with Gasteiger partial charge >= 0.3 is 0 Å². The molecule has 2 rings (SSSR count). The summed E-state index contributed by atoms with van der Waals surface area (Å²) < 4.78 is 0. The van der Waals surface area contributed by atoms with Crippen molar-refractivity contribution in [1.82, 2.24) is 4.98 Å². The number of rotatable bonds is 5. The van der Waals surface area contributed by atoms with Crippen molar-refractivity contribution in [2.75, 3.05) is 0 Å². The Morgan fingerprint density at radius 3 is 2.68 bits per heavy atom. The van der Waals surface area contributed by atoms with Crippen LogP contribution in [0.25, 0.3) is 11.3 Å². The van der Waals surface area contributed by atoms with Gasteiger partial charge in [-0.05, 0) is 18.6 Å². The van der Waals surface area contributed by atoms with E-state index in [1.54, 1.807) is 12.1 Å². The molecule has 1 aromatic carbocycles. The molecule has 0 aliphatic carbocycles. The number of hydrogen-bond acceptors (Lipinski definition) is 5. The topological polar surface area (TPSA) is 82.0 Å². The molecule has 1 aromatic heterocycles. The van der Waals surface area contributed by atoms with Gasteiger partial charge in [0.2, 0.25) is 0 Å². The van der Waals surface area contributed by atoms with Gasteiger partial charge in [0.05, 0.1) is 16.7 Å². The maximum absolute atomic E-state index is 10.6. The lowest BCUT2D eigenvalue weighted by Gasteiger charge is -2.05. The molecule has 0 aliphatic heterocycles. The summed E-state index contributed by atoms with van der Waals surface area (Å²) >= 11 is 1.53. The SMILES string of the molecule is CCCC(N)c1nc(-c2ccc([N+](=O)[O-])cc2)cs1. The van der Waals surface area contributed by atoms with Crippen LogP contribution in [0, 0.1) is 10.1 Å².